The van der Waals surface area contributed by atoms with E-state index in [4.69, 9.17) is 9.47 Å². The monoisotopic (exact) mass is 341 g/mol. The molecular weight excluding hydrogens is 327 g/mol. The van der Waals surface area contributed by atoms with Gasteiger partial charge in [-0.15, -0.1) is 0 Å². The molecule has 1 aromatic carbocycles. The average Bonchev–Trinajstić information content (AvgIpc) is 2.55. The molecule has 2 aromatic rings. The Morgan fingerprint density at radius 1 is 1.25 bits per heavy atom. The molecule has 6 nitrogen and oxygen atoms in total. The summed E-state index contributed by atoms with van der Waals surface area (Å²) in [5.74, 6) is -0.570. The Labute approximate surface area is 135 Å². The highest BCUT2D eigenvalue weighted by molar-refractivity contribution is 6.04. The molecule has 0 saturated heterocycles. The molecule has 0 aliphatic heterocycles. The van der Waals surface area contributed by atoms with Gasteiger partial charge in [0.05, 0.1) is 30.5 Å². The third kappa shape index (κ3) is 4.12. The summed E-state index contributed by atoms with van der Waals surface area (Å²) in [4.78, 5) is 19.8. The van der Waals surface area contributed by atoms with Crippen molar-refractivity contribution in [1.29, 1.82) is 0 Å². The van der Waals surface area contributed by atoms with Crippen LogP contribution in [0.1, 0.15) is 22.8 Å². The summed E-state index contributed by atoms with van der Waals surface area (Å²) in [7, 11) is 1.29. The quantitative estimate of drug-likeness (QED) is 0.904. The van der Waals surface area contributed by atoms with E-state index in [-0.39, 0.29) is 23.0 Å². The maximum Gasteiger partial charge on any atom is 0.416 e. The highest BCUT2D eigenvalue weighted by Gasteiger charge is 2.31. The van der Waals surface area contributed by atoms with Crippen LogP contribution in [-0.2, 0) is 6.18 Å². The number of nitrogens with zero attached hydrogens (tertiary/aromatic N) is 2. The molecule has 24 heavy (non-hydrogen) atoms. The first-order chi connectivity index (χ1) is 11.3. The van der Waals surface area contributed by atoms with Gasteiger partial charge in [-0.1, -0.05) is 0 Å². The van der Waals surface area contributed by atoms with E-state index in [9.17, 15) is 18.0 Å². The van der Waals surface area contributed by atoms with Crippen molar-refractivity contribution in [2.45, 2.75) is 13.1 Å². The van der Waals surface area contributed by atoms with Gasteiger partial charge in [0.1, 0.15) is 5.75 Å². The molecule has 1 amide bonds. The molecule has 0 atom stereocenters. The molecule has 0 aliphatic carbocycles. The Morgan fingerprint density at radius 2 is 1.92 bits per heavy atom. The van der Waals surface area contributed by atoms with E-state index in [2.05, 4.69) is 15.3 Å². The standard InChI is InChI=1S/C15H14F3N3O3/c1-3-24-14-19-7-9(8-20-14)13(22)21-11-6-10(15(16,17)18)4-5-12(11)23-2/h4-8H,3H2,1-2H3,(H,21,22). The number of ether oxygens (including phenoxy) is 2. The van der Waals surface area contributed by atoms with E-state index in [1.54, 1.807) is 6.92 Å². The number of nitrogens with one attached hydrogen (secondary N) is 1. The summed E-state index contributed by atoms with van der Waals surface area (Å²) >= 11 is 0. The molecule has 9 heteroatoms. The van der Waals surface area contributed by atoms with E-state index in [1.807, 2.05) is 0 Å². The van der Waals surface area contributed by atoms with E-state index in [0.29, 0.717) is 6.61 Å². The second-order valence-corrected chi connectivity index (χ2v) is 4.55. The van der Waals surface area contributed by atoms with Gasteiger partial charge in [-0.25, -0.2) is 9.97 Å². The topological polar surface area (TPSA) is 73.3 Å². The minimum Gasteiger partial charge on any atom is -0.495 e. The largest absolute Gasteiger partial charge is 0.495 e. The predicted octanol–water partition coefficient (Wildman–Crippen LogP) is 3.16. The van der Waals surface area contributed by atoms with Crippen LogP contribution < -0.4 is 14.8 Å². The Morgan fingerprint density at radius 3 is 2.46 bits per heavy atom. The molecular formula is C15H14F3N3O3. The molecule has 128 valence electrons. The fourth-order valence-corrected chi connectivity index (χ4v) is 1.81. The second-order valence-electron chi connectivity index (χ2n) is 4.55. The number of carbonyl (C=O) groups is 1. The Balaban J connectivity index is 2.24. The van der Waals surface area contributed by atoms with Crippen LogP contribution in [0.25, 0.3) is 0 Å². The highest BCUT2D eigenvalue weighted by Crippen LogP contribution is 2.35. The van der Waals surface area contributed by atoms with Crippen LogP contribution in [-0.4, -0.2) is 29.6 Å². The number of anilines is 1. The molecule has 0 radical (unpaired) electrons. The zero-order chi connectivity index (χ0) is 17.7. The molecule has 0 saturated carbocycles. The maximum atomic E-state index is 12.8. The fourth-order valence-electron chi connectivity index (χ4n) is 1.81. The number of rotatable bonds is 5. The molecule has 0 aliphatic rings. The van der Waals surface area contributed by atoms with Gasteiger partial charge in [0, 0.05) is 12.4 Å². The highest BCUT2D eigenvalue weighted by atomic mass is 19.4. The van der Waals surface area contributed by atoms with Crippen LogP contribution >= 0.6 is 0 Å². The summed E-state index contributed by atoms with van der Waals surface area (Å²) in [6.07, 6.45) is -2.10. The predicted molar refractivity (Wildman–Crippen MR) is 79.2 cm³/mol. The SMILES string of the molecule is CCOc1ncc(C(=O)Nc2cc(C(F)(F)F)ccc2OC)cn1. The van der Waals surface area contributed by atoms with Crippen molar-refractivity contribution in [3.63, 3.8) is 0 Å². The van der Waals surface area contributed by atoms with E-state index in [1.165, 1.54) is 19.5 Å². The van der Waals surface area contributed by atoms with Gasteiger partial charge in [-0.3, -0.25) is 4.79 Å². The summed E-state index contributed by atoms with van der Waals surface area (Å²) in [6, 6.07) is 2.90. The average molecular weight is 341 g/mol. The Kier molecular flexibility index (Phi) is 5.22. The zero-order valence-corrected chi connectivity index (χ0v) is 12.8. The first kappa shape index (κ1) is 17.5. The minimum atomic E-state index is -4.53. The summed E-state index contributed by atoms with van der Waals surface area (Å²) < 4.78 is 48.4. The third-order valence-electron chi connectivity index (χ3n) is 2.94. The van der Waals surface area contributed by atoms with Crippen molar-refractivity contribution in [2.24, 2.45) is 0 Å². The number of hydrogen-bond donors (Lipinski definition) is 1. The van der Waals surface area contributed by atoms with Crippen LogP contribution in [0.2, 0.25) is 0 Å². The third-order valence-corrected chi connectivity index (χ3v) is 2.94. The lowest BCUT2D eigenvalue weighted by Crippen LogP contribution is -2.15. The van der Waals surface area contributed by atoms with E-state index >= 15 is 0 Å². The molecule has 1 N–H and O–H groups in total. The van der Waals surface area contributed by atoms with Gasteiger partial charge in [0.25, 0.3) is 5.91 Å². The number of benzene rings is 1. The van der Waals surface area contributed by atoms with Crippen molar-refractivity contribution >= 4 is 11.6 Å². The van der Waals surface area contributed by atoms with Crippen LogP contribution in [0.4, 0.5) is 18.9 Å². The molecule has 0 fully saturated rings. The van der Waals surface area contributed by atoms with Crippen molar-refractivity contribution in [1.82, 2.24) is 9.97 Å². The number of alkyl halides is 3. The second kappa shape index (κ2) is 7.16. The molecule has 0 bridgehead atoms. The van der Waals surface area contributed by atoms with Crippen molar-refractivity contribution < 1.29 is 27.4 Å². The van der Waals surface area contributed by atoms with E-state index < -0.39 is 17.6 Å². The molecule has 1 heterocycles. The van der Waals surface area contributed by atoms with Crippen LogP contribution in [0.5, 0.6) is 11.8 Å². The van der Waals surface area contributed by atoms with Crippen LogP contribution in [0.3, 0.4) is 0 Å². The maximum absolute atomic E-state index is 12.8. The van der Waals surface area contributed by atoms with Gasteiger partial charge in [-0.2, -0.15) is 13.2 Å². The van der Waals surface area contributed by atoms with Gasteiger partial charge >= 0.3 is 12.2 Å². The lowest BCUT2D eigenvalue weighted by Gasteiger charge is -2.13. The Bertz CT molecular complexity index is 718. The van der Waals surface area contributed by atoms with Gasteiger partial charge in [0.15, 0.2) is 0 Å². The van der Waals surface area contributed by atoms with Crippen LogP contribution in [0, 0.1) is 0 Å². The lowest BCUT2D eigenvalue weighted by molar-refractivity contribution is -0.137. The molecule has 0 unspecified atom stereocenters. The van der Waals surface area contributed by atoms with Gasteiger partial charge in [-0.05, 0) is 25.1 Å². The van der Waals surface area contributed by atoms with Gasteiger partial charge in [0.2, 0.25) is 0 Å². The lowest BCUT2D eigenvalue weighted by atomic mass is 10.1. The Hall–Kier alpha value is -2.84. The number of halogens is 3. The van der Waals surface area contributed by atoms with Crippen molar-refractivity contribution in [2.75, 3.05) is 19.0 Å². The summed E-state index contributed by atoms with van der Waals surface area (Å²) in [5.41, 5.74) is -0.939. The van der Waals surface area contributed by atoms with Crippen molar-refractivity contribution in [3.8, 4) is 11.8 Å². The number of aromatic nitrogens is 2. The fraction of sp³-hybridized carbons (Fsp3) is 0.267. The zero-order valence-electron chi connectivity index (χ0n) is 12.8. The minimum absolute atomic E-state index is 0.0675. The smallest absolute Gasteiger partial charge is 0.416 e. The van der Waals surface area contributed by atoms with Crippen molar-refractivity contribution in [3.05, 3.63) is 41.7 Å². The summed E-state index contributed by atoms with van der Waals surface area (Å²) in [5, 5.41) is 2.36. The molecule has 0 spiro atoms. The molecule has 2 rings (SSSR count). The molecule has 1 aromatic heterocycles. The first-order valence-corrected chi connectivity index (χ1v) is 6.86. The number of carbonyl (C=O) groups excluding carboxylic acids is 1. The summed E-state index contributed by atoms with van der Waals surface area (Å²) in [6.45, 7) is 2.12. The number of hydrogen-bond acceptors (Lipinski definition) is 5. The van der Waals surface area contributed by atoms with E-state index in [0.717, 1.165) is 18.2 Å². The first-order valence-electron chi connectivity index (χ1n) is 6.86. The normalized spacial score (nSPS) is 11.0. The van der Waals surface area contributed by atoms with Crippen LogP contribution in [0.15, 0.2) is 30.6 Å². The number of amides is 1. The van der Waals surface area contributed by atoms with Gasteiger partial charge < -0.3 is 14.8 Å². The number of methoxy groups -OCH3 is 1.